The summed E-state index contributed by atoms with van der Waals surface area (Å²) in [6.45, 7) is 6.46. The molecule has 11 aromatic rings. The van der Waals surface area contributed by atoms with Crippen LogP contribution < -0.4 is 9.47 Å². The molecule has 0 amide bonds. The van der Waals surface area contributed by atoms with Crippen molar-refractivity contribution in [2.75, 3.05) is 4.90 Å². The molecular formula is C60H43N7. The van der Waals surface area contributed by atoms with Crippen molar-refractivity contribution < 1.29 is 18.3 Å². The van der Waals surface area contributed by atoms with Crippen LogP contribution in [0.3, 0.4) is 0 Å². The zero-order valence-electron chi connectivity index (χ0n) is 46.5. The molecule has 0 saturated carbocycles. The summed E-state index contributed by atoms with van der Waals surface area (Å²) in [6, 6.07) is 41.8. The molecule has 0 unspecified atom stereocenters. The summed E-state index contributed by atoms with van der Waals surface area (Å²) in [5.41, 5.74) is 6.32. The summed E-state index contributed by atoms with van der Waals surface area (Å²) in [5, 5.41) is 23.5. The molecule has 0 saturated heterocycles. The van der Waals surface area contributed by atoms with Gasteiger partial charge in [-0.1, -0.05) is 160 Å². The summed E-state index contributed by atoms with van der Waals surface area (Å²) in [5.74, 6) is 0.718. The standard InChI is InChI=1S/C60H43N7/c1-60(2,3)45-33-34-63-57(35-45)67-53-28-11-10-25-51(53)52-32-31-48(37-56(52)67)66(58-43(38-61)21-14-22-44(58)39-62)47-24-15-23-46(36-47)64-40-65(55-30-13-12-29-54(55)64)59-49(41-17-6-4-7-18-41)26-16-27-50(59)42-19-8-5-9-20-42/h4-37H,1-3H3/i4D,5D,6D,7D,8D,9D,17D,18D,19D,20D. The van der Waals surface area contributed by atoms with Gasteiger partial charge in [0.1, 0.15) is 18.0 Å². The fraction of sp³-hybridized carbons (Fsp3) is 0.0667. The number of fused-ring (bicyclic) bond motifs is 4. The van der Waals surface area contributed by atoms with Gasteiger partial charge in [-0.15, -0.1) is 0 Å². The number of hydrogen-bond donors (Lipinski definition) is 0. The number of pyridine rings is 1. The lowest BCUT2D eigenvalue weighted by Crippen LogP contribution is -2.31. The first-order chi connectivity index (χ1) is 36.9. The highest BCUT2D eigenvalue weighted by Crippen LogP contribution is 2.43. The predicted octanol–water partition coefficient (Wildman–Crippen LogP) is 14.0. The van der Waals surface area contributed by atoms with E-state index in [9.17, 15) is 10.5 Å². The van der Waals surface area contributed by atoms with Crippen LogP contribution in [0.25, 0.3) is 72.3 Å². The Balaban J connectivity index is 1.18. The van der Waals surface area contributed by atoms with Crippen LogP contribution in [-0.2, 0) is 5.41 Å². The summed E-state index contributed by atoms with van der Waals surface area (Å²) < 4.78 is 93.3. The molecule has 7 nitrogen and oxygen atoms in total. The number of nitriles is 2. The Morgan fingerprint density at radius 1 is 0.612 bits per heavy atom. The van der Waals surface area contributed by atoms with Gasteiger partial charge in [0.15, 0.2) is 0 Å². The van der Waals surface area contributed by atoms with Crippen molar-refractivity contribution in [3.05, 3.63) is 229 Å². The Morgan fingerprint density at radius 3 is 1.91 bits per heavy atom. The number of imidazole rings is 1. The molecule has 318 valence electrons. The second-order valence-corrected chi connectivity index (χ2v) is 16.9. The number of benzene rings is 8. The highest BCUT2D eigenvalue weighted by atomic mass is 15.2. The maximum atomic E-state index is 10.7. The van der Waals surface area contributed by atoms with Gasteiger partial charge in [0.25, 0.3) is 6.33 Å². The van der Waals surface area contributed by atoms with Gasteiger partial charge in [0.05, 0.1) is 64.0 Å². The van der Waals surface area contributed by atoms with Crippen molar-refractivity contribution in [1.82, 2.24) is 14.1 Å². The molecule has 8 aromatic carbocycles. The van der Waals surface area contributed by atoms with Gasteiger partial charge in [0, 0.05) is 28.3 Å². The maximum Gasteiger partial charge on any atom is 0.269 e. The van der Waals surface area contributed by atoms with Crippen LogP contribution in [0.2, 0.25) is 0 Å². The smallest absolute Gasteiger partial charge is 0.269 e. The van der Waals surface area contributed by atoms with E-state index < -0.39 is 60.4 Å². The highest BCUT2D eigenvalue weighted by Gasteiger charge is 2.25. The van der Waals surface area contributed by atoms with Gasteiger partial charge in [-0.25, -0.2) is 4.98 Å². The average Bonchev–Trinajstić information content (AvgIpc) is 4.19. The molecule has 7 heteroatoms. The zero-order valence-corrected chi connectivity index (χ0v) is 36.5. The number of nitrogens with zero attached hydrogens (tertiary/aromatic N) is 7. The first-order valence-electron chi connectivity index (χ1n) is 26.5. The molecule has 0 fully saturated rings. The molecular weight excluding hydrogens is 819 g/mol. The quantitative estimate of drug-likeness (QED) is 0.113. The summed E-state index contributed by atoms with van der Waals surface area (Å²) in [7, 11) is 0. The molecule has 0 N–H and O–H groups in total. The zero-order chi connectivity index (χ0) is 54.4. The second-order valence-electron chi connectivity index (χ2n) is 16.9. The van der Waals surface area contributed by atoms with Gasteiger partial charge in [-0.2, -0.15) is 10.5 Å². The normalized spacial score (nSPS) is 13.6. The lowest BCUT2D eigenvalue weighted by atomic mass is 9.88. The highest BCUT2D eigenvalue weighted by molar-refractivity contribution is 6.10. The van der Waals surface area contributed by atoms with E-state index in [1.807, 2.05) is 83.9 Å². The van der Waals surface area contributed by atoms with E-state index in [0.29, 0.717) is 33.8 Å². The lowest BCUT2D eigenvalue weighted by molar-refractivity contribution is -0.571. The fourth-order valence-corrected chi connectivity index (χ4v) is 8.87. The Kier molecular flexibility index (Phi) is 7.62. The van der Waals surface area contributed by atoms with E-state index in [4.69, 9.17) is 18.7 Å². The fourth-order valence-electron chi connectivity index (χ4n) is 8.87. The van der Waals surface area contributed by atoms with Crippen LogP contribution in [-0.4, -0.2) is 14.1 Å². The minimum atomic E-state index is -0.596. The Morgan fingerprint density at radius 2 is 1.22 bits per heavy atom. The van der Waals surface area contributed by atoms with Crippen molar-refractivity contribution >= 4 is 49.9 Å². The van der Waals surface area contributed by atoms with Gasteiger partial charge in [0.2, 0.25) is 0 Å². The number of para-hydroxylation sites is 5. The molecule has 0 spiro atoms. The third-order valence-corrected chi connectivity index (χ3v) is 12.0. The molecule has 0 atom stereocenters. The monoisotopic (exact) mass is 871 g/mol. The SMILES string of the molecule is [2H]c1c([2H])c([2H])c(-c2cccc(-c3c([2H])c([2H])c([2H])c([2H])c3[2H])c2-[n+]2[c-]n(-c3cccc(N(c4ccc5c6ccccc6n(-c6cc(C(C)(C)C)ccn6)c5c4)c4c(C#N)cccc4C#N)c3)c3ccccc32)c([2H])c1[2H]. The maximum absolute atomic E-state index is 10.7. The molecule has 67 heavy (non-hydrogen) atoms. The number of rotatable bonds is 8. The number of aromatic nitrogens is 4. The van der Waals surface area contributed by atoms with Crippen molar-refractivity contribution in [2.45, 2.75) is 26.2 Å². The Labute approximate surface area is 403 Å². The first kappa shape index (κ1) is 30.9. The minimum absolute atomic E-state index is 0.112. The van der Waals surface area contributed by atoms with Crippen LogP contribution >= 0.6 is 0 Å². The second kappa shape index (κ2) is 16.5. The van der Waals surface area contributed by atoms with Gasteiger partial charge in [-0.05, 0) is 93.9 Å². The molecule has 3 heterocycles. The van der Waals surface area contributed by atoms with Crippen molar-refractivity contribution in [3.8, 4) is 51.6 Å². The van der Waals surface area contributed by atoms with Crippen LogP contribution in [0.5, 0.6) is 0 Å². The molecule has 0 aliphatic carbocycles. The van der Waals surface area contributed by atoms with Crippen LogP contribution in [0.4, 0.5) is 17.1 Å². The van der Waals surface area contributed by atoms with E-state index in [2.05, 4.69) is 62.0 Å². The van der Waals surface area contributed by atoms with Gasteiger partial charge < -0.3 is 4.90 Å². The van der Waals surface area contributed by atoms with Crippen LogP contribution in [0.15, 0.2) is 206 Å². The van der Waals surface area contributed by atoms with Crippen molar-refractivity contribution in [3.63, 3.8) is 0 Å². The van der Waals surface area contributed by atoms with Crippen molar-refractivity contribution in [1.29, 1.82) is 10.5 Å². The first-order valence-corrected chi connectivity index (χ1v) is 21.5. The third-order valence-electron chi connectivity index (χ3n) is 12.0. The topological polar surface area (TPSA) is 77.4 Å². The largest absolute Gasteiger partial charge is 0.308 e. The summed E-state index contributed by atoms with van der Waals surface area (Å²) >= 11 is 0. The van der Waals surface area contributed by atoms with E-state index in [-0.39, 0.29) is 44.5 Å². The summed E-state index contributed by atoms with van der Waals surface area (Å²) in [4.78, 5) is 6.77. The summed E-state index contributed by atoms with van der Waals surface area (Å²) in [6.07, 6.45) is 5.28. The van der Waals surface area contributed by atoms with E-state index in [0.717, 1.165) is 33.2 Å². The number of hydrogen-bond acceptors (Lipinski definition) is 4. The van der Waals surface area contributed by atoms with E-state index in [1.54, 1.807) is 57.7 Å². The van der Waals surface area contributed by atoms with Crippen LogP contribution in [0.1, 0.15) is 51.2 Å². The molecule has 11 rings (SSSR count). The van der Waals surface area contributed by atoms with E-state index in [1.165, 1.54) is 0 Å². The van der Waals surface area contributed by atoms with E-state index >= 15 is 0 Å². The van der Waals surface area contributed by atoms with Gasteiger partial charge in [-0.3, -0.25) is 13.7 Å². The molecule has 0 radical (unpaired) electrons. The van der Waals surface area contributed by atoms with Gasteiger partial charge >= 0.3 is 0 Å². The minimum Gasteiger partial charge on any atom is -0.308 e. The molecule has 0 aliphatic heterocycles. The lowest BCUT2D eigenvalue weighted by Gasteiger charge is -2.28. The average molecular weight is 872 g/mol. The molecule has 0 bridgehead atoms. The number of anilines is 3. The predicted molar refractivity (Wildman–Crippen MR) is 269 cm³/mol. The third kappa shape index (κ3) is 7.07. The van der Waals surface area contributed by atoms with Crippen LogP contribution in [0, 0.1) is 29.0 Å². The van der Waals surface area contributed by atoms with Crippen molar-refractivity contribution in [2.24, 2.45) is 0 Å². The molecule has 3 aromatic heterocycles. The Hall–Kier alpha value is -9.04. The Bertz CT molecular complexity index is 4210. The molecule has 0 aliphatic rings.